The molecule has 0 amide bonds. The zero-order valence-electron chi connectivity index (χ0n) is 8.62. The fourth-order valence-electron chi connectivity index (χ4n) is 2.36. The monoisotopic (exact) mass is 194 g/mol. The third-order valence-corrected chi connectivity index (χ3v) is 3.12. The maximum atomic E-state index is 5.61. The second-order valence-corrected chi connectivity index (χ2v) is 4.14. The molecule has 1 aliphatic carbocycles. The normalized spacial score (nSPS) is 20.1. The Labute approximate surface area is 84.6 Å². The van der Waals surface area contributed by atoms with Crippen LogP contribution in [0.4, 0.5) is 0 Å². The molecule has 3 N–H and O–H groups in total. The molecule has 3 nitrogen and oxygen atoms in total. The molecule has 1 aromatic heterocycles. The maximum absolute atomic E-state index is 5.61. The molecule has 1 saturated carbocycles. The molecule has 1 atom stereocenters. The van der Waals surface area contributed by atoms with Gasteiger partial charge in [-0.2, -0.15) is 0 Å². The van der Waals surface area contributed by atoms with Gasteiger partial charge < -0.3 is 4.42 Å². The first-order chi connectivity index (χ1) is 6.81. The van der Waals surface area contributed by atoms with E-state index in [0.29, 0.717) is 5.92 Å². The van der Waals surface area contributed by atoms with Gasteiger partial charge in [-0.1, -0.05) is 12.8 Å². The largest absolute Gasteiger partial charge is 0.465 e. The van der Waals surface area contributed by atoms with Gasteiger partial charge in [0.25, 0.3) is 0 Å². The molecule has 14 heavy (non-hydrogen) atoms. The third-order valence-electron chi connectivity index (χ3n) is 3.12. The van der Waals surface area contributed by atoms with E-state index < -0.39 is 0 Å². The van der Waals surface area contributed by atoms with Crippen molar-refractivity contribution >= 4 is 0 Å². The molecule has 0 spiro atoms. The fraction of sp³-hybridized carbons (Fsp3) is 0.636. The molecule has 1 aliphatic rings. The number of nitrogens with one attached hydrogen (secondary N) is 1. The average Bonchev–Trinajstić information content (AvgIpc) is 2.79. The Bertz CT molecular complexity index is 289. The maximum Gasteiger partial charge on any atom is 0.122 e. The number of hydrazine groups is 1. The van der Waals surface area contributed by atoms with Gasteiger partial charge in [-0.25, -0.2) is 5.43 Å². The molecule has 0 aromatic carbocycles. The summed E-state index contributed by atoms with van der Waals surface area (Å²) in [5.41, 5.74) is 2.88. The van der Waals surface area contributed by atoms with Crippen molar-refractivity contribution in [3.05, 3.63) is 23.7 Å². The van der Waals surface area contributed by atoms with Crippen LogP contribution < -0.4 is 11.3 Å². The van der Waals surface area contributed by atoms with Gasteiger partial charge in [0.2, 0.25) is 0 Å². The van der Waals surface area contributed by atoms with Gasteiger partial charge in [-0.3, -0.25) is 5.84 Å². The molecule has 1 heterocycles. The van der Waals surface area contributed by atoms with Crippen molar-refractivity contribution in [2.45, 2.75) is 38.6 Å². The Hall–Kier alpha value is -0.800. The molecule has 1 aromatic rings. The van der Waals surface area contributed by atoms with E-state index in [2.05, 4.69) is 5.43 Å². The molecule has 3 heteroatoms. The number of rotatable bonds is 3. The summed E-state index contributed by atoms with van der Waals surface area (Å²) in [5, 5.41) is 0. The molecule has 0 bridgehead atoms. The van der Waals surface area contributed by atoms with Crippen LogP contribution in [-0.4, -0.2) is 0 Å². The van der Waals surface area contributed by atoms with Crippen molar-refractivity contribution < 1.29 is 4.42 Å². The van der Waals surface area contributed by atoms with Crippen molar-refractivity contribution in [3.63, 3.8) is 0 Å². The SMILES string of the molecule is Cc1ccc(C(NN)C2CCCC2)o1. The first-order valence-electron chi connectivity index (χ1n) is 5.33. The minimum Gasteiger partial charge on any atom is -0.465 e. The zero-order chi connectivity index (χ0) is 9.97. The summed E-state index contributed by atoms with van der Waals surface area (Å²) in [6.07, 6.45) is 5.16. The van der Waals surface area contributed by atoms with Crippen LogP contribution in [0.3, 0.4) is 0 Å². The number of hydrogen-bond acceptors (Lipinski definition) is 3. The Kier molecular flexibility index (Phi) is 2.89. The Morgan fingerprint density at radius 3 is 2.64 bits per heavy atom. The molecule has 0 radical (unpaired) electrons. The highest BCUT2D eigenvalue weighted by molar-refractivity contribution is 5.10. The molecule has 1 unspecified atom stereocenters. The second-order valence-electron chi connectivity index (χ2n) is 4.14. The van der Waals surface area contributed by atoms with Crippen molar-refractivity contribution in [3.8, 4) is 0 Å². The highest BCUT2D eigenvalue weighted by Crippen LogP contribution is 2.35. The number of hydrogen-bond donors (Lipinski definition) is 2. The Balaban J connectivity index is 2.12. The summed E-state index contributed by atoms with van der Waals surface area (Å²) in [6, 6.07) is 4.22. The first kappa shape index (κ1) is 9.74. The van der Waals surface area contributed by atoms with Crippen LogP contribution in [0.15, 0.2) is 16.5 Å². The molecule has 2 rings (SSSR count). The molecule has 0 saturated heterocycles. The van der Waals surface area contributed by atoms with Gasteiger partial charge in [-0.05, 0) is 37.8 Å². The van der Waals surface area contributed by atoms with E-state index in [1.807, 2.05) is 19.1 Å². The molecular weight excluding hydrogens is 176 g/mol. The Morgan fingerprint density at radius 2 is 2.14 bits per heavy atom. The van der Waals surface area contributed by atoms with E-state index in [1.165, 1.54) is 25.7 Å². The topological polar surface area (TPSA) is 51.2 Å². The first-order valence-corrected chi connectivity index (χ1v) is 5.33. The predicted molar refractivity (Wildman–Crippen MR) is 55.5 cm³/mol. The van der Waals surface area contributed by atoms with E-state index in [1.54, 1.807) is 0 Å². The predicted octanol–water partition coefficient (Wildman–Crippen LogP) is 2.28. The van der Waals surface area contributed by atoms with Crippen LogP contribution in [-0.2, 0) is 0 Å². The lowest BCUT2D eigenvalue weighted by atomic mass is 9.97. The summed E-state index contributed by atoms with van der Waals surface area (Å²) in [5.74, 6) is 8.17. The summed E-state index contributed by atoms with van der Waals surface area (Å²) in [6.45, 7) is 1.96. The fourth-order valence-corrected chi connectivity index (χ4v) is 2.36. The van der Waals surface area contributed by atoms with E-state index in [-0.39, 0.29) is 6.04 Å². The van der Waals surface area contributed by atoms with Crippen molar-refractivity contribution in [2.75, 3.05) is 0 Å². The third kappa shape index (κ3) is 1.83. The number of aryl methyl sites for hydroxylation is 1. The lowest BCUT2D eigenvalue weighted by molar-refractivity contribution is 0.311. The summed E-state index contributed by atoms with van der Waals surface area (Å²) in [7, 11) is 0. The van der Waals surface area contributed by atoms with Crippen LogP contribution in [0.25, 0.3) is 0 Å². The van der Waals surface area contributed by atoms with Crippen molar-refractivity contribution in [1.29, 1.82) is 0 Å². The molecule has 0 aliphatic heterocycles. The highest BCUT2D eigenvalue weighted by atomic mass is 16.3. The average molecular weight is 194 g/mol. The molecule has 78 valence electrons. The van der Waals surface area contributed by atoms with Crippen LogP contribution >= 0.6 is 0 Å². The summed E-state index contributed by atoms with van der Waals surface area (Å²) >= 11 is 0. The number of nitrogens with two attached hydrogens (primary N) is 1. The van der Waals surface area contributed by atoms with E-state index in [9.17, 15) is 0 Å². The van der Waals surface area contributed by atoms with Crippen LogP contribution in [0.5, 0.6) is 0 Å². The van der Waals surface area contributed by atoms with E-state index >= 15 is 0 Å². The molecule has 1 fully saturated rings. The van der Waals surface area contributed by atoms with Gasteiger partial charge in [0.15, 0.2) is 0 Å². The lowest BCUT2D eigenvalue weighted by Crippen LogP contribution is -2.32. The standard InChI is InChI=1S/C11H18N2O/c1-8-6-7-10(14-8)11(13-12)9-4-2-3-5-9/h6-7,9,11,13H,2-5,12H2,1H3. The summed E-state index contributed by atoms with van der Waals surface area (Å²) in [4.78, 5) is 0. The number of furan rings is 1. The van der Waals surface area contributed by atoms with Crippen molar-refractivity contribution in [2.24, 2.45) is 11.8 Å². The van der Waals surface area contributed by atoms with Crippen LogP contribution in [0.2, 0.25) is 0 Å². The zero-order valence-corrected chi connectivity index (χ0v) is 8.62. The van der Waals surface area contributed by atoms with Gasteiger partial charge >= 0.3 is 0 Å². The second kappa shape index (κ2) is 4.15. The van der Waals surface area contributed by atoms with Gasteiger partial charge in [0.1, 0.15) is 11.5 Å². The van der Waals surface area contributed by atoms with Crippen LogP contribution in [0.1, 0.15) is 43.2 Å². The van der Waals surface area contributed by atoms with Gasteiger partial charge in [0, 0.05) is 0 Å². The minimum absolute atomic E-state index is 0.200. The minimum atomic E-state index is 0.200. The smallest absolute Gasteiger partial charge is 0.122 e. The van der Waals surface area contributed by atoms with Crippen molar-refractivity contribution in [1.82, 2.24) is 5.43 Å². The van der Waals surface area contributed by atoms with Gasteiger partial charge in [-0.15, -0.1) is 0 Å². The summed E-state index contributed by atoms with van der Waals surface area (Å²) < 4.78 is 5.61. The van der Waals surface area contributed by atoms with E-state index in [0.717, 1.165) is 11.5 Å². The van der Waals surface area contributed by atoms with Crippen LogP contribution in [0, 0.1) is 12.8 Å². The Morgan fingerprint density at radius 1 is 1.43 bits per heavy atom. The highest BCUT2D eigenvalue weighted by Gasteiger charge is 2.27. The van der Waals surface area contributed by atoms with Gasteiger partial charge in [0.05, 0.1) is 6.04 Å². The van der Waals surface area contributed by atoms with E-state index in [4.69, 9.17) is 10.3 Å². The molecular formula is C11H18N2O. The quantitative estimate of drug-likeness (QED) is 0.573. The lowest BCUT2D eigenvalue weighted by Gasteiger charge is -2.20.